The number of aromatic nitrogens is 1. The third kappa shape index (κ3) is 2.79. The summed E-state index contributed by atoms with van der Waals surface area (Å²) >= 11 is 1.49. The predicted octanol–water partition coefficient (Wildman–Crippen LogP) is 3.14. The maximum absolute atomic E-state index is 9.18. The molecule has 0 saturated heterocycles. The first kappa shape index (κ1) is 12.4. The summed E-state index contributed by atoms with van der Waals surface area (Å²) in [6.07, 6.45) is 0. The molecule has 1 N–H and O–H groups in total. The quantitative estimate of drug-likeness (QED) is 0.916. The van der Waals surface area contributed by atoms with Gasteiger partial charge < -0.3 is 10.1 Å². The summed E-state index contributed by atoms with van der Waals surface area (Å²) in [5.41, 5.74) is 1.81. The second-order valence-electron chi connectivity index (χ2n) is 3.76. The molecule has 0 aliphatic heterocycles. The molecule has 1 unspecified atom stereocenters. The number of benzene rings is 1. The number of nitrogens with one attached hydrogen (secondary N) is 1. The lowest BCUT2D eigenvalue weighted by Gasteiger charge is -2.10. The van der Waals surface area contributed by atoms with Gasteiger partial charge in [-0.05, 0) is 31.2 Å². The van der Waals surface area contributed by atoms with E-state index in [1.165, 1.54) is 11.3 Å². The van der Waals surface area contributed by atoms with E-state index in [-0.39, 0.29) is 0 Å². The minimum atomic E-state index is -0.419. The summed E-state index contributed by atoms with van der Waals surface area (Å²) in [7, 11) is 1.62. The highest BCUT2D eigenvalue weighted by atomic mass is 32.1. The molecule has 0 saturated carbocycles. The topological polar surface area (TPSA) is 57.9 Å². The molecule has 0 aliphatic carbocycles. The lowest BCUT2D eigenvalue weighted by atomic mass is 10.2. The number of hydrogen-bond acceptors (Lipinski definition) is 5. The first-order valence-corrected chi connectivity index (χ1v) is 6.33. The van der Waals surface area contributed by atoms with Crippen LogP contribution in [0, 0.1) is 18.3 Å². The molecular formula is C13H13N3OS. The van der Waals surface area contributed by atoms with Crippen molar-refractivity contribution in [3.63, 3.8) is 0 Å². The van der Waals surface area contributed by atoms with Crippen LogP contribution in [0.25, 0.3) is 0 Å². The molecule has 0 radical (unpaired) electrons. The first-order chi connectivity index (χ1) is 8.72. The third-order valence-electron chi connectivity index (χ3n) is 2.41. The average Bonchev–Trinajstić information content (AvgIpc) is 2.83. The fourth-order valence-electron chi connectivity index (χ4n) is 1.51. The van der Waals surface area contributed by atoms with Gasteiger partial charge in [0.15, 0.2) is 6.04 Å². The molecule has 1 aromatic carbocycles. The van der Waals surface area contributed by atoms with E-state index in [1.54, 1.807) is 7.11 Å². The fourth-order valence-corrected chi connectivity index (χ4v) is 2.30. The average molecular weight is 259 g/mol. The Hall–Kier alpha value is -2.06. The Kier molecular flexibility index (Phi) is 3.80. The van der Waals surface area contributed by atoms with Crippen molar-refractivity contribution < 1.29 is 4.74 Å². The van der Waals surface area contributed by atoms with Crippen molar-refractivity contribution in [1.29, 1.82) is 5.26 Å². The summed E-state index contributed by atoms with van der Waals surface area (Å²) in [4.78, 5) is 4.32. The molecule has 1 aromatic heterocycles. The summed E-state index contributed by atoms with van der Waals surface area (Å²) < 4.78 is 5.09. The van der Waals surface area contributed by atoms with Crippen LogP contribution in [-0.4, -0.2) is 12.1 Å². The predicted molar refractivity (Wildman–Crippen MR) is 71.8 cm³/mol. The van der Waals surface area contributed by atoms with Crippen molar-refractivity contribution in [2.75, 3.05) is 12.4 Å². The van der Waals surface area contributed by atoms with Crippen molar-refractivity contribution >= 4 is 17.0 Å². The van der Waals surface area contributed by atoms with Gasteiger partial charge in [-0.1, -0.05) is 0 Å². The van der Waals surface area contributed by atoms with E-state index in [0.29, 0.717) is 0 Å². The van der Waals surface area contributed by atoms with Gasteiger partial charge in [-0.2, -0.15) is 5.26 Å². The van der Waals surface area contributed by atoms with Crippen LogP contribution >= 0.6 is 11.3 Å². The van der Waals surface area contributed by atoms with Gasteiger partial charge in [0.2, 0.25) is 0 Å². The molecule has 0 aliphatic rings. The normalized spacial score (nSPS) is 11.6. The van der Waals surface area contributed by atoms with Gasteiger partial charge >= 0.3 is 0 Å². The molecule has 0 amide bonds. The number of ether oxygens (including phenoxy) is 1. The van der Waals surface area contributed by atoms with Gasteiger partial charge in [-0.25, -0.2) is 4.98 Å². The lowest BCUT2D eigenvalue weighted by Crippen LogP contribution is -2.08. The van der Waals surface area contributed by atoms with Crippen LogP contribution in [0.3, 0.4) is 0 Å². The number of rotatable bonds is 4. The Labute approximate surface area is 110 Å². The molecule has 0 fully saturated rings. The standard InChI is InChI=1S/C13H13N3OS/c1-9-8-18-13(15-9)12(7-14)16-10-3-5-11(17-2)6-4-10/h3-6,8,12,16H,1-2H3. The zero-order valence-corrected chi connectivity index (χ0v) is 11.0. The van der Waals surface area contributed by atoms with Crippen molar-refractivity contribution in [2.24, 2.45) is 0 Å². The van der Waals surface area contributed by atoms with Crippen molar-refractivity contribution in [2.45, 2.75) is 13.0 Å². The van der Waals surface area contributed by atoms with Crippen LogP contribution in [0.2, 0.25) is 0 Å². The van der Waals surface area contributed by atoms with Gasteiger partial charge in [0.05, 0.1) is 13.2 Å². The van der Waals surface area contributed by atoms with Crippen LogP contribution < -0.4 is 10.1 Å². The van der Waals surface area contributed by atoms with Gasteiger partial charge in [0.1, 0.15) is 10.8 Å². The SMILES string of the molecule is COc1ccc(NC(C#N)c2nc(C)cs2)cc1. The van der Waals surface area contributed by atoms with Gasteiger partial charge in [-0.15, -0.1) is 11.3 Å². The van der Waals surface area contributed by atoms with Crippen LogP contribution in [0.1, 0.15) is 16.7 Å². The second kappa shape index (κ2) is 5.52. The molecule has 92 valence electrons. The van der Waals surface area contributed by atoms with Crippen molar-refractivity contribution in [3.05, 3.63) is 40.3 Å². The van der Waals surface area contributed by atoms with E-state index in [0.717, 1.165) is 22.1 Å². The number of nitriles is 1. The number of anilines is 1. The first-order valence-electron chi connectivity index (χ1n) is 5.45. The molecule has 18 heavy (non-hydrogen) atoms. The van der Waals surface area contributed by atoms with E-state index in [1.807, 2.05) is 36.6 Å². The number of methoxy groups -OCH3 is 1. The van der Waals surface area contributed by atoms with E-state index in [9.17, 15) is 5.26 Å². The van der Waals surface area contributed by atoms with E-state index in [4.69, 9.17) is 4.74 Å². The van der Waals surface area contributed by atoms with Gasteiger partial charge in [0.25, 0.3) is 0 Å². The Morgan fingerprint density at radius 2 is 2.11 bits per heavy atom. The zero-order chi connectivity index (χ0) is 13.0. The highest BCUT2D eigenvalue weighted by Crippen LogP contribution is 2.23. The summed E-state index contributed by atoms with van der Waals surface area (Å²) in [5, 5.41) is 15.0. The van der Waals surface area contributed by atoms with Crippen LogP contribution in [-0.2, 0) is 0 Å². The molecule has 1 atom stereocenters. The largest absolute Gasteiger partial charge is 0.497 e. The highest BCUT2D eigenvalue weighted by Gasteiger charge is 2.13. The van der Waals surface area contributed by atoms with E-state index < -0.39 is 6.04 Å². The van der Waals surface area contributed by atoms with Gasteiger partial charge in [-0.3, -0.25) is 0 Å². The van der Waals surface area contributed by atoms with Crippen LogP contribution in [0.15, 0.2) is 29.6 Å². The number of nitrogens with zero attached hydrogens (tertiary/aromatic N) is 2. The minimum Gasteiger partial charge on any atom is -0.497 e. The number of hydrogen-bond donors (Lipinski definition) is 1. The number of thiazole rings is 1. The second-order valence-corrected chi connectivity index (χ2v) is 4.65. The summed E-state index contributed by atoms with van der Waals surface area (Å²) in [5.74, 6) is 0.791. The van der Waals surface area contributed by atoms with Crippen LogP contribution in [0.4, 0.5) is 5.69 Å². The summed E-state index contributed by atoms with van der Waals surface area (Å²) in [6.45, 7) is 1.92. The van der Waals surface area contributed by atoms with Crippen molar-refractivity contribution in [3.8, 4) is 11.8 Å². The number of aryl methyl sites for hydroxylation is 1. The fraction of sp³-hybridized carbons (Fsp3) is 0.231. The maximum Gasteiger partial charge on any atom is 0.166 e. The molecule has 4 nitrogen and oxygen atoms in total. The van der Waals surface area contributed by atoms with E-state index >= 15 is 0 Å². The molecule has 0 spiro atoms. The van der Waals surface area contributed by atoms with E-state index in [2.05, 4.69) is 16.4 Å². The van der Waals surface area contributed by atoms with Crippen molar-refractivity contribution in [1.82, 2.24) is 4.98 Å². The molecule has 0 bridgehead atoms. The Morgan fingerprint density at radius 1 is 1.39 bits per heavy atom. The highest BCUT2D eigenvalue weighted by molar-refractivity contribution is 7.09. The monoisotopic (exact) mass is 259 g/mol. The maximum atomic E-state index is 9.18. The summed E-state index contributed by atoms with van der Waals surface area (Å²) in [6, 6.07) is 9.25. The zero-order valence-electron chi connectivity index (χ0n) is 10.2. The third-order valence-corrected chi connectivity index (χ3v) is 3.44. The Morgan fingerprint density at radius 3 is 2.61 bits per heavy atom. The minimum absolute atomic E-state index is 0.419. The Balaban J connectivity index is 2.13. The molecule has 5 heteroatoms. The van der Waals surface area contributed by atoms with Gasteiger partial charge in [0, 0.05) is 16.8 Å². The lowest BCUT2D eigenvalue weighted by molar-refractivity contribution is 0.415. The molecule has 1 heterocycles. The molecule has 2 aromatic rings. The molecular weight excluding hydrogens is 246 g/mol. The van der Waals surface area contributed by atoms with Crippen LogP contribution in [0.5, 0.6) is 5.75 Å². The molecule has 2 rings (SSSR count). The smallest absolute Gasteiger partial charge is 0.166 e. The Bertz CT molecular complexity index is 556.